The molecule has 0 aromatic heterocycles. The van der Waals surface area contributed by atoms with Gasteiger partial charge in [0.1, 0.15) is 18.6 Å². The smallest absolute Gasteiger partial charge is 0.278 e. The monoisotopic (exact) mass is 611 g/mol. The molecule has 3 amide bonds. The van der Waals surface area contributed by atoms with Crippen LogP contribution in [0.1, 0.15) is 68.2 Å². The van der Waals surface area contributed by atoms with Crippen LogP contribution in [0, 0.1) is 5.92 Å². The highest BCUT2D eigenvalue weighted by Gasteiger charge is 2.48. The van der Waals surface area contributed by atoms with Gasteiger partial charge in [-0.1, -0.05) is 97.9 Å². The molecular formula is C37H49N5O3+2. The van der Waals surface area contributed by atoms with Crippen LogP contribution in [-0.2, 0) is 20.9 Å². The largest absolute Gasteiger partial charge is 0.343 e. The summed E-state index contributed by atoms with van der Waals surface area (Å²) in [6.07, 6.45) is 4.58. The molecule has 5 rings (SSSR count). The standard InChI is InChI=1S/C37H47N5O3/c1-3-31(38-2)35(43)41-34-29(23-24-39-25-26-13-7-4-8-14-26)19-20-30-21-22-32(42(30)37(34)45)36(44)40-33(27-15-9-5-10-16-27)28-17-11-6-12-18-28/h4-18,29-34,38-39H,3,19-25H2,1-2H3,(H,40,44)(H,41,43)/p+2/t29-,30+,31+,32+,34+/m1/s1. The van der Waals surface area contributed by atoms with E-state index in [1.54, 1.807) is 0 Å². The number of hydrogen-bond acceptors (Lipinski definition) is 3. The quantitative estimate of drug-likeness (QED) is 0.223. The van der Waals surface area contributed by atoms with E-state index in [-0.39, 0.29) is 41.8 Å². The fourth-order valence-corrected chi connectivity index (χ4v) is 7.12. The van der Waals surface area contributed by atoms with E-state index < -0.39 is 12.1 Å². The molecule has 3 aromatic rings. The van der Waals surface area contributed by atoms with Crippen LogP contribution in [0.25, 0.3) is 0 Å². The number of hydrogen-bond donors (Lipinski definition) is 4. The molecule has 238 valence electrons. The number of nitrogens with two attached hydrogens (primary N) is 2. The van der Waals surface area contributed by atoms with Crippen molar-refractivity contribution >= 4 is 17.7 Å². The fourth-order valence-electron chi connectivity index (χ4n) is 7.12. The molecule has 0 bridgehead atoms. The number of likely N-dealkylation sites (N-methyl/N-ethyl adjacent to an activating group) is 1. The summed E-state index contributed by atoms with van der Waals surface area (Å²) in [5.74, 6) is -0.350. The van der Waals surface area contributed by atoms with Gasteiger partial charge in [0, 0.05) is 24.4 Å². The number of benzene rings is 3. The van der Waals surface area contributed by atoms with E-state index in [9.17, 15) is 14.4 Å². The summed E-state index contributed by atoms with van der Waals surface area (Å²) in [6.45, 7) is 3.73. The van der Waals surface area contributed by atoms with Gasteiger partial charge in [-0.25, -0.2) is 0 Å². The maximum atomic E-state index is 14.5. The number of nitrogens with one attached hydrogen (secondary N) is 2. The normalized spacial score (nSPS) is 22.0. The summed E-state index contributed by atoms with van der Waals surface area (Å²) in [4.78, 5) is 43.7. The van der Waals surface area contributed by atoms with Gasteiger partial charge < -0.3 is 26.2 Å². The fraction of sp³-hybridized carbons (Fsp3) is 0.432. The molecule has 2 heterocycles. The number of nitrogens with zero attached hydrogens (tertiary/aromatic N) is 1. The third-order valence-corrected chi connectivity index (χ3v) is 9.66. The van der Waals surface area contributed by atoms with Gasteiger partial charge in [0.2, 0.25) is 11.8 Å². The second kappa shape index (κ2) is 15.8. The lowest BCUT2D eigenvalue weighted by Crippen LogP contribution is -2.89. The molecule has 3 aromatic carbocycles. The summed E-state index contributed by atoms with van der Waals surface area (Å²) >= 11 is 0. The van der Waals surface area contributed by atoms with Crippen molar-refractivity contribution in [2.45, 2.75) is 82.2 Å². The van der Waals surface area contributed by atoms with Crippen LogP contribution in [0.15, 0.2) is 91.0 Å². The third-order valence-electron chi connectivity index (χ3n) is 9.66. The van der Waals surface area contributed by atoms with Gasteiger partial charge >= 0.3 is 0 Å². The molecule has 6 N–H and O–H groups in total. The molecule has 45 heavy (non-hydrogen) atoms. The summed E-state index contributed by atoms with van der Waals surface area (Å²) in [6, 6.07) is 28.5. The number of carbonyl (C=O) groups excluding carboxylic acids is 3. The van der Waals surface area contributed by atoms with E-state index in [4.69, 9.17) is 0 Å². The minimum absolute atomic E-state index is 0.00226. The maximum absolute atomic E-state index is 14.5. The van der Waals surface area contributed by atoms with E-state index in [1.165, 1.54) is 5.56 Å². The van der Waals surface area contributed by atoms with Gasteiger partial charge in [0.15, 0.2) is 6.04 Å². The third kappa shape index (κ3) is 7.99. The molecule has 5 atom stereocenters. The highest BCUT2D eigenvalue weighted by atomic mass is 16.2. The first kappa shape index (κ1) is 32.4. The maximum Gasteiger partial charge on any atom is 0.278 e. The SMILES string of the molecule is CC[C@H]([NH2+]C)C(=O)N[C@@H]1C(=O)N2[C@@H](CC[C@@H]1CC[NH2+]Cc1ccccc1)CC[C@H]2C(=O)NC(c1ccccc1)c1ccccc1. The Morgan fingerprint density at radius 3 is 2.07 bits per heavy atom. The van der Waals surface area contributed by atoms with Crippen LogP contribution in [0.5, 0.6) is 0 Å². The van der Waals surface area contributed by atoms with E-state index >= 15 is 0 Å². The molecule has 0 aliphatic carbocycles. The first-order chi connectivity index (χ1) is 22.0. The van der Waals surface area contributed by atoms with E-state index in [1.807, 2.05) is 90.9 Å². The predicted molar refractivity (Wildman–Crippen MR) is 175 cm³/mol. The highest BCUT2D eigenvalue weighted by Crippen LogP contribution is 2.35. The first-order valence-electron chi connectivity index (χ1n) is 16.7. The Morgan fingerprint density at radius 2 is 1.47 bits per heavy atom. The molecule has 2 aliphatic heterocycles. The summed E-state index contributed by atoms with van der Waals surface area (Å²) in [5.41, 5.74) is 3.25. The molecule has 2 aliphatic rings. The van der Waals surface area contributed by atoms with Gasteiger partial charge in [-0.3, -0.25) is 14.4 Å². The van der Waals surface area contributed by atoms with E-state index in [0.29, 0.717) is 12.8 Å². The number of carbonyl (C=O) groups is 3. The van der Waals surface area contributed by atoms with Crippen LogP contribution in [0.2, 0.25) is 0 Å². The molecule has 2 fully saturated rings. The van der Waals surface area contributed by atoms with Gasteiger partial charge in [0.25, 0.3) is 5.91 Å². The topological polar surface area (TPSA) is 112 Å². The van der Waals surface area contributed by atoms with Gasteiger partial charge in [-0.05, 0) is 42.7 Å². The lowest BCUT2D eigenvalue weighted by molar-refractivity contribution is -0.671. The average Bonchev–Trinajstić information content (AvgIpc) is 3.46. The summed E-state index contributed by atoms with van der Waals surface area (Å²) in [5, 5.41) is 10.7. The van der Waals surface area contributed by atoms with Crippen LogP contribution in [-0.4, -0.2) is 60.4 Å². The molecule has 2 saturated heterocycles. The highest BCUT2D eigenvalue weighted by molar-refractivity contribution is 5.94. The second-order valence-corrected chi connectivity index (χ2v) is 12.5. The Hall–Kier alpha value is -4.01. The van der Waals surface area contributed by atoms with Crippen molar-refractivity contribution in [2.75, 3.05) is 13.6 Å². The lowest BCUT2D eigenvalue weighted by Gasteiger charge is -2.33. The van der Waals surface area contributed by atoms with Crippen molar-refractivity contribution in [3.8, 4) is 0 Å². The van der Waals surface area contributed by atoms with Crippen LogP contribution < -0.4 is 21.3 Å². The summed E-state index contributed by atoms with van der Waals surface area (Å²) < 4.78 is 0. The van der Waals surface area contributed by atoms with E-state index in [0.717, 1.165) is 49.9 Å². The second-order valence-electron chi connectivity index (χ2n) is 12.5. The van der Waals surface area contributed by atoms with Gasteiger partial charge in [-0.2, -0.15) is 0 Å². The number of amides is 3. The van der Waals surface area contributed by atoms with Crippen molar-refractivity contribution < 1.29 is 25.0 Å². The van der Waals surface area contributed by atoms with Crippen molar-refractivity contribution in [1.82, 2.24) is 15.5 Å². The minimum Gasteiger partial charge on any atom is -0.343 e. The van der Waals surface area contributed by atoms with Crippen LogP contribution >= 0.6 is 0 Å². The molecule has 0 unspecified atom stereocenters. The molecular weight excluding hydrogens is 562 g/mol. The first-order valence-corrected chi connectivity index (χ1v) is 16.7. The molecule has 8 heteroatoms. The van der Waals surface area contributed by atoms with Crippen LogP contribution in [0.4, 0.5) is 0 Å². The Morgan fingerprint density at radius 1 is 0.867 bits per heavy atom. The van der Waals surface area contributed by atoms with Crippen molar-refractivity contribution in [2.24, 2.45) is 5.92 Å². The Labute approximate surface area is 267 Å². The molecule has 0 saturated carbocycles. The van der Waals surface area contributed by atoms with Gasteiger partial charge in [-0.15, -0.1) is 0 Å². The number of fused-ring (bicyclic) bond motifs is 1. The van der Waals surface area contributed by atoms with Crippen molar-refractivity contribution in [3.63, 3.8) is 0 Å². The lowest BCUT2D eigenvalue weighted by atomic mass is 9.90. The number of rotatable bonds is 13. The number of quaternary nitrogens is 2. The predicted octanol–water partition coefficient (Wildman–Crippen LogP) is 2.27. The zero-order chi connectivity index (χ0) is 31.6. The molecule has 8 nitrogen and oxygen atoms in total. The Kier molecular flexibility index (Phi) is 11.4. The average molecular weight is 612 g/mol. The Balaban J connectivity index is 1.34. The zero-order valence-corrected chi connectivity index (χ0v) is 26.6. The zero-order valence-electron chi connectivity index (χ0n) is 26.6. The van der Waals surface area contributed by atoms with Crippen LogP contribution in [0.3, 0.4) is 0 Å². The summed E-state index contributed by atoms with van der Waals surface area (Å²) in [7, 11) is 1.89. The Bertz CT molecular complexity index is 1340. The van der Waals surface area contributed by atoms with E-state index in [2.05, 4.69) is 40.2 Å². The molecule has 0 radical (unpaired) electrons. The molecule has 0 spiro atoms. The minimum atomic E-state index is -0.644. The van der Waals surface area contributed by atoms with Crippen molar-refractivity contribution in [1.29, 1.82) is 0 Å². The van der Waals surface area contributed by atoms with Crippen molar-refractivity contribution in [3.05, 3.63) is 108 Å². The van der Waals surface area contributed by atoms with Gasteiger partial charge in [0.05, 0.1) is 19.6 Å².